The van der Waals surface area contributed by atoms with Crippen LogP contribution in [0.15, 0.2) is 24.6 Å². The van der Waals surface area contributed by atoms with Crippen molar-refractivity contribution in [3.8, 4) is 0 Å². The zero-order valence-corrected chi connectivity index (χ0v) is 4.23. The van der Waals surface area contributed by atoms with Crippen LogP contribution in [0, 0.1) is 0 Å². The standard InChI is InChI=1S/C5H6FNO/c1-2-3-4(6)5(7)8/h2-3H,1H2,(H2,7,8). The summed E-state index contributed by atoms with van der Waals surface area (Å²) in [6, 6.07) is 0. The number of hydrogen-bond acceptors (Lipinski definition) is 1. The van der Waals surface area contributed by atoms with Crippen LogP contribution in [0.3, 0.4) is 0 Å². The minimum atomic E-state index is -1.06. The molecule has 0 rings (SSSR count). The fourth-order valence-corrected chi connectivity index (χ4v) is 0.186. The summed E-state index contributed by atoms with van der Waals surface area (Å²) in [5, 5.41) is 0. The van der Waals surface area contributed by atoms with E-state index >= 15 is 0 Å². The van der Waals surface area contributed by atoms with Crippen LogP contribution in [0.4, 0.5) is 4.39 Å². The Morgan fingerprint density at radius 1 is 1.75 bits per heavy atom. The normalized spacial score (nSPS) is 10.9. The number of primary amides is 1. The summed E-state index contributed by atoms with van der Waals surface area (Å²) in [4.78, 5) is 9.82. The average Bonchev–Trinajstić information content (AvgIpc) is 1.67. The maximum absolute atomic E-state index is 11.8. The van der Waals surface area contributed by atoms with E-state index in [9.17, 15) is 9.18 Å². The third kappa shape index (κ3) is 2.12. The van der Waals surface area contributed by atoms with Crippen molar-refractivity contribution < 1.29 is 9.18 Å². The van der Waals surface area contributed by atoms with Gasteiger partial charge in [0.15, 0.2) is 5.83 Å². The SMILES string of the molecule is C=CC=C(F)C(N)=O. The molecule has 8 heavy (non-hydrogen) atoms. The second kappa shape index (κ2) is 2.96. The molecule has 0 spiro atoms. The molecule has 0 aliphatic rings. The van der Waals surface area contributed by atoms with Crippen molar-refractivity contribution in [1.82, 2.24) is 0 Å². The smallest absolute Gasteiger partial charge is 0.277 e. The van der Waals surface area contributed by atoms with Crippen molar-refractivity contribution in [3.63, 3.8) is 0 Å². The van der Waals surface area contributed by atoms with Crippen LogP contribution in [0.1, 0.15) is 0 Å². The van der Waals surface area contributed by atoms with E-state index in [1.54, 1.807) is 0 Å². The van der Waals surface area contributed by atoms with Gasteiger partial charge in [0.1, 0.15) is 0 Å². The number of carbonyl (C=O) groups is 1. The summed E-state index contributed by atoms with van der Waals surface area (Å²) >= 11 is 0. The Bertz CT molecular complexity index is 139. The molecule has 0 saturated carbocycles. The summed E-state index contributed by atoms with van der Waals surface area (Å²) in [5.74, 6) is -2.04. The van der Waals surface area contributed by atoms with Gasteiger partial charge in [-0.25, -0.2) is 4.39 Å². The molecule has 44 valence electrons. The van der Waals surface area contributed by atoms with Crippen LogP contribution < -0.4 is 5.73 Å². The second-order valence-corrected chi connectivity index (χ2v) is 1.11. The molecule has 0 fully saturated rings. The first kappa shape index (κ1) is 6.88. The predicted octanol–water partition coefficient (Wildman–Crippen LogP) is 0.511. The van der Waals surface area contributed by atoms with Crippen molar-refractivity contribution >= 4 is 5.91 Å². The lowest BCUT2D eigenvalue weighted by Crippen LogP contribution is -2.10. The van der Waals surface area contributed by atoms with Crippen LogP contribution in [0.2, 0.25) is 0 Å². The van der Waals surface area contributed by atoms with Gasteiger partial charge in [0.25, 0.3) is 5.91 Å². The molecule has 0 aromatic rings. The molecular formula is C5H6FNO. The molecule has 0 saturated heterocycles. The zero-order chi connectivity index (χ0) is 6.57. The Morgan fingerprint density at radius 3 is 2.38 bits per heavy atom. The molecule has 0 aromatic carbocycles. The molecule has 0 heterocycles. The minimum Gasteiger partial charge on any atom is -0.364 e. The molecule has 0 unspecified atom stereocenters. The maximum atomic E-state index is 11.8. The van der Waals surface area contributed by atoms with E-state index in [0.717, 1.165) is 12.2 Å². The number of carbonyl (C=O) groups excluding carboxylic acids is 1. The molecule has 1 amide bonds. The zero-order valence-electron chi connectivity index (χ0n) is 4.23. The van der Waals surface area contributed by atoms with Gasteiger partial charge in [0.05, 0.1) is 0 Å². The van der Waals surface area contributed by atoms with E-state index in [2.05, 4.69) is 12.3 Å². The molecule has 0 aliphatic carbocycles. The quantitative estimate of drug-likeness (QED) is 0.413. The Labute approximate surface area is 46.5 Å². The molecular weight excluding hydrogens is 109 g/mol. The Balaban J connectivity index is 3.99. The Morgan fingerprint density at radius 2 is 2.25 bits per heavy atom. The van der Waals surface area contributed by atoms with Crippen LogP contribution in [0.5, 0.6) is 0 Å². The number of nitrogens with two attached hydrogens (primary N) is 1. The molecule has 2 N–H and O–H groups in total. The van der Waals surface area contributed by atoms with Gasteiger partial charge in [-0.3, -0.25) is 4.79 Å². The Hall–Kier alpha value is -1.12. The Kier molecular flexibility index (Phi) is 2.54. The van der Waals surface area contributed by atoms with Crippen molar-refractivity contribution in [3.05, 3.63) is 24.6 Å². The van der Waals surface area contributed by atoms with E-state index < -0.39 is 11.7 Å². The summed E-state index contributed by atoms with van der Waals surface area (Å²) in [6.07, 6.45) is 2.06. The highest BCUT2D eigenvalue weighted by Crippen LogP contribution is 1.92. The number of rotatable bonds is 2. The van der Waals surface area contributed by atoms with Crippen LogP contribution in [-0.4, -0.2) is 5.91 Å². The lowest BCUT2D eigenvalue weighted by Gasteiger charge is -1.81. The third-order valence-electron chi connectivity index (χ3n) is 0.500. The van der Waals surface area contributed by atoms with Gasteiger partial charge in [-0.2, -0.15) is 0 Å². The van der Waals surface area contributed by atoms with E-state index in [4.69, 9.17) is 0 Å². The molecule has 0 aromatic heterocycles. The molecule has 0 radical (unpaired) electrons. The van der Waals surface area contributed by atoms with Gasteiger partial charge >= 0.3 is 0 Å². The summed E-state index contributed by atoms with van der Waals surface area (Å²) in [5.41, 5.74) is 4.49. The van der Waals surface area contributed by atoms with Crippen LogP contribution in [-0.2, 0) is 4.79 Å². The largest absolute Gasteiger partial charge is 0.364 e. The van der Waals surface area contributed by atoms with Crippen molar-refractivity contribution in [1.29, 1.82) is 0 Å². The second-order valence-electron chi connectivity index (χ2n) is 1.11. The van der Waals surface area contributed by atoms with Gasteiger partial charge < -0.3 is 5.73 Å². The summed E-state index contributed by atoms with van der Waals surface area (Å²) in [7, 11) is 0. The van der Waals surface area contributed by atoms with Gasteiger partial charge in [-0.1, -0.05) is 12.7 Å². The van der Waals surface area contributed by atoms with Gasteiger partial charge in [0, 0.05) is 0 Å². The van der Waals surface area contributed by atoms with E-state index in [0.29, 0.717) is 0 Å². The highest BCUT2D eigenvalue weighted by atomic mass is 19.1. The highest BCUT2D eigenvalue weighted by molar-refractivity contribution is 5.89. The molecule has 0 bridgehead atoms. The van der Waals surface area contributed by atoms with E-state index in [1.165, 1.54) is 0 Å². The number of hydrogen-bond donors (Lipinski definition) is 1. The van der Waals surface area contributed by atoms with Crippen LogP contribution >= 0.6 is 0 Å². The van der Waals surface area contributed by atoms with Crippen molar-refractivity contribution in [2.45, 2.75) is 0 Å². The molecule has 3 heteroatoms. The van der Waals surface area contributed by atoms with Crippen molar-refractivity contribution in [2.24, 2.45) is 5.73 Å². The summed E-state index contributed by atoms with van der Waals surface area (Å²) in [6.45, 7) is 3.16. The fourth-order valence-electron chi connectivity index (χ4n) is 0.186. The topological polar surface area (TPSA) is 43.1 Å². The van der Waals surface area contributed by atoms with Crippen molar-refractivity contribution in [2.75, 3.05) is 0 Å². The lowest BCUT2D eigenvalue weighted by atomic mass is 10.4. The first-order chi connectivity index (χ1) is 3.68. The molecule has 0 aliphatic heterocycles. The molecule has 2 nitrogen and oxygen atoms in total. The van der Waals surface area contributed by atoms with E-state index in [-0.39, 0.29) is 0 Å². The fraction of sp³-hybridized carbons (Fsp3) is 0. The number of allylic oxidation sites excluding steroid dienone is 2. The van der Waals surface area contributed by atoms with Gasteiger partial charge in [-0.05, 0) is 6.08 Å². The minimum absolute atomic E-state index is 0.905. The maximum Gasteiger partial charge on any atom is 0.277 e. The molecule has 0 atom stereocenters. The number of amides is 1. The first-order valence-corrected chi connectivity index (χ1v) is 1.96. The van der Waals surface area contributed by atoms with E-state index in [1.807, 2.05) is 0 Å². The monoisotopic (exact) mass is 115 g/mol. The van der Waals surface area contributed by atoms with Gasteiger partial charge in [-0.15, -0.1) is 0 Å². The first-order valence-electron chi connectivity index (χ1n) is 1.96. The predicted molar refractivity (Wildman–Crippen MR) is 28.6 cm³/mol. The lowest BCUT2D eigenvalue weighted by molar-refractivity contribution is -0.115. The third-order valence-corrected chi connectivity index (χ3v) is 0.500. The average molecular weight is 115 g/mol. The van der Waals surface area contributed by atoms with Gasteiger partial charge in [0.2, 0.25) is 0 Å². The summed E-state index contributed by atoms with van der Waals surface area (Å²) < 4.78 is 11.8. The highest BCUT2D eigenvalue weighted by Gasteiger charge is 1.97. The van der Waals surface area contributed by atoms with Crippen LogP contribution in [0.25, 0.3) is 0 Å². The number of halogens is 1.